The topological polar surface area (TPSA) is 73.7 Å². The molecule has 0 aromatic carbocycles. The van der Waals surface area contributed by atoms with Crippen LogP contribution >= 0.6 is 0 Å². The molecule has 1 amide bonds. The molecule has 1 N–H and O–H groups in total. The number of hydrogen-bond donors (Lipinski definition) is 1. The van der Waals surface area contributed by atoms with E-state index in [1.165, 1.54) is 11.1 Å². The molecule has 102 valence electrons. The first-order chi connectivity index (χ1) is 9.00. The standard InChI is InChI=1S/C13H17N3O3/c1-15(2)11-6-5-9(8-14-11)12(17)16-7-3-4-10(16)13(18)19/h5-6,8,10H,3-4,7H2,1-2H3,(H,18,19)/t10-/m1/s1. The van der Waals surface area contributed by atoms with Crippen LogP contribution < -0.4 is 4.90 Å². The smallest absolute Gasteiger partial charge is 0.326 e. The van der Waals surface area contributed by atoms with E-state index in [9.17, 15) is 9.59 Å². The number of aliphatic carboxylic acids is 1. The molecule has 2 heterocycles. The van der Waals surface area contributed by atoms with Crippen molar-refractivity contribution in [3.8, 4) is 0 Å². The largest absolute Gasteiger partial charge is 0.480 e. The number of carboxylic acid groups (broad SMARTS) is 1. The lowest BCUT2D eigenvalue weighted by Gasteiger charge is -2.21. The van der Waals surface area contributed by atoms with E-state index in [-0.39, 0.29) is 5.91 Å². The Hall–Kier alpha value is -2.11. The summed E-state index contributed by atoms with van der Waals surface area (Å²) in [6.07, 6.45) is 2.74. The van der Waals surface area contributed by atoms with Gasteiger partial charge in [-0.2, -0.15) is 0 Å². The van der Waals surface area contributed by atoms with Crippen molar-refractivity contribution in [1.29, 1.82) is 0 Å². The van der Waals surface area contributed by atoms with Gasteiger partial charge in [-0.1, -0.05) is 0 Å². The second kappa shape index (κ2) is 5.26. The SMILES string of the molecule is CN(C)c1ccc(C(=O)N2CCC[C@@H]2C(=O)O)cn1. The van der Waals surface area contributed by atoms with Crippen molar-refractivity contribution in [2.24, 2.45) is 0 Å². The zero-order chi connectivity index (χ0) is 14.0. The molecule has 6 heteroatoms. The van der Waals surface area contributed by atoms with Crippen LogP contribution in [0.2, 0.25) is 0 Å². The fraction of sp³-hybridized carbons (Fsp3) is 0.462. The molecule has 0 radical (unpaired) electrons. The fourth-order valence-corrected chi connectivity index (χ4v) is 2.21. The van der Waals surface area contributed by atoms with E-state index in [1.54, 1.807) is 12.1 Å². The lowest BCUT2D eigenvalue weighted by Crippen LogP contribution is -2.40. The van der Waals surface area contributed by atoms with Gasteiger partial charge < -0.3 is 14.9 Å². The van der Waals surface area contributed by atoms with E-state index in [1.807, 2.05) is 19.0 Å². The molecule has 19 heavy (non-hydrogen) atoms. The molecule has 0 bridgehead atoms. The molecule has 6 nitrogen and oxygen atoms in total. The fourth-order valence-electron chi connectivity index (χ4n) is 2.21. The Bertz CT molecular complexity index is 484. The minimum Gasteiger partial charge on any atom is -0.480 e. The van der Waals surface area contributed by atoms with Crippen LogP contribution in [0.3, 0.4) is 0 Å². The molecular weight excluding hydrogens is 246 g/mol. The summed E-state index contributed by atoms with van der Waals surface area (Å²) < 4.78 is 0. The number of nitrogens with zero attached hydrogens (tertiary/aromatic N) is 3. The van der Waals surface area contributed by atoms with Crippen LogP contribution in [-0.2, 0) is 4.79 Å². The van der Waals surface area contributed by atoms with E-state index in [0.29, 0.717) is 18.5 Å². The average molecular weight is 263 g/mol. The number of carbonyl (C=O) groups excluding carboxylic acids is 1. The first-order valence-corrected chi connectivity index (χ1v) is 6.18. The molecule has 1 fully saturated rings. The molecule has 1 saturated heterocycles. The van der Waals surface area contributed by atoms with E-state index in [2.05, 4.69) is 4.98 Å². The Kier molecular flexibility index (Phi) is 3.69. The average Bonchev–Trinajstić information content (AvgIpc) is 2.87. The number of anilines is 1. The van der Waals surface area contributed by atoms with Crippen molar-refractivity contribution >= 4 is 17.7 Å². The van der Waals surface area contributed by atoms with Gasteiger partial charge in [0.1, 0.15) is 11.9 Å². The van der Waals surface area contributed by atoms with Gasteiger partial charge in [-0.15, -0.1) is 0 Å². The van der Waals surface area contributed by atoms with Crippen molar-refractivity contribution < 1.29 is 14.7 Å². The van der Waals surface area contributed by atoms with E-state index in [0.717, 1.165) is 12.2 Å². The lowest BCUT2D eigenvalue weighted by molar-refractivity contribution is -0.141. The number of rotatable bonds is 3. The number of aromatic nitrogens is 1. The van der Waals surface area contributed by atoms with Crippen molar-refractivity contribution in [3.05, 3.63) is 23.9 Å². The Morgan fingerprint density at radius 2 is 2.16 bits per heavy atom. The number of hydrogen-bond acceptors (Lipinski definition) is 4. The summed E-state index contributed by atoms with van der Waals surface area (Å²) >= 11 is 0. The second-order valence-electron chi connectivity index (χ2n) is 4.79. The maximum Gasteiger partial charge on any atom is 0.326 e. The highest BCUT2D eigenvalue weighted by Gasteiger charge is 2.34. The molecule has 0 unspecified atom stereocenters. The van der Waals surface area contributed by atoms with Gasteiger partial charge in [0.15, 0.2) is 0 Å². The van der Waals surface area contributed by atoms with E-state index >= 15 is 0 Å². The number of carboxylic acids is 1. The first-order valence-electron chi connectivity index (χ1n) is 6.18. The second-order valence-corrected chi connectivity index (χ2v) is 4.79. The Labute approximate surface area is 111 Å². The maximum absolute atomic E-state index is 12.3. The molecule has 0 aliphatic carbocycles. The predicted octanol–water partition coefficient (Wildman–Crippen LogP) is 0.837. The van der Waals surface area contributed by atoms with Crippen LogP contribution in [0.4, 0.5) is 5.82 Å². The van der Waals surface area contributed by atoms with Gasteiger partial charge in [0, 0.05) is 26.8 Å². The normalized spacial score (nSPS) is 18.4. The Morgan fingerprint density at radius 1 is 1.42 bits per heavy atom. The molecule has 1 aromatic heterocycles. The highest BCUT2D eigenvalue weighted by atomic mass is 16.4. The summed E-state index contributed by atoms with van der Waals surface area (Å²) in [6.45, 7) is 0.491. The summed E-state index contributed by atoms with van der Waals surface area (Å²) in [5.41, 5.74) is 0.429. The number of carbonyl (C=O) groups is 2. The summed E-state index contributed by atoms with van der Waals surface area (Å²) in [5, 5.41) is 9.08. The summed E-state index contributed by atoms with van der Waals surface area (Å²) in [5.74, 6) is -0.445. The van der Waals surface area contributed by atoms with Gasteiger partial charge in [0.25, 0.3) is 5.91 Å². The van der Waals surface area contributed by atoms with Gasteiger partial charge in [-0.3, -0.25) is 4.79 Å². The number of likely N-dealkylation sites (tertiary alicyclic amines) is 1. The van der Waals surface area contributed by atoms with Crippen LogP contribution in [0.25, 0.3) is 0 Å². The third kappa shape index (κ3) is 2.67. The van der Waals surface area contributed by atoms with Crippen LogP contribution in [0.1, 0.15) is 23.2 Å². The van der Waals surface area contributed by atoms with Crippen molar-refractivity contribution in [2.75, 3.05) is 25.5 Å². The minimum absolute atomic E-state index is 0.261. The van der Waals surface area contributed by atoms with Crippen LogP contribution in [0, 0.1) is 0 Å². The van der Waals surface area contributed by atoms with Gasteiger partial charge in [0.05, 0.1) is 5.56 Å². The Balaban J connectivity index is 2.17. The van der Waals surface area contributed by atoms with Gasteiger partial charge in [-0.05, 0) is 25.0 Å². The zero-order valence-corrected chi connectivity index (χ0v) is 11.0. The molecule has 1 aliphatic heterocycles. The van der Waals surface area contributed by atoms with Gasteiger partial charge in [0.2, 0.25) is 0 Å². The summed E-state index contributed by atoms with van der Waals surface area (Å²) in [7, 11) is 3.73. The highest BCUT2D eigenvalue weighted by Crippen LogP contribution is 2.20. The van der Waals surface area contributed by atoms with Crippen LogP contribution in [0.5, 0.6) is 0 Å². The van der Waals surface area contributed by atoms with Crippen molar-refractivity contribution in [2.45, 2.75) is 18.9 Å². The minimum atomic E-state index is -0.941. The van der Waals surface area contributed by atoms with Crippen LogP contribution in [-0.4, -0.2) is 53.5 Å². The van der Waals surface area contributed by atoms with E-state index in [4.69, 9.17) is 5.11 Å². The summed E-state index contributed by atoms with van der Waals surface area (Å²) in [6, 6.07) is 2.72. The monoisotopic (exact) mass is 263 g/mol. The molecular formula is C13H17N3O3. The lowest BCUT2D eigenvalue weighted by atomic mass is 10.2. The van der Waals surface area contributed by atoms with Gasteiger partial charge in [-0.25, -0.2) is 9.78 Å². The van der Waals surface area contributed by atoms with Crippen molar-refractivity contribution in [3.63, 3.8) is 0 Å². The third-order valence-electron chi connectivity index (χ3n) is 3.25. The molecule has 0 spiro atoms. The molecule has 1 aromatic rings. The van der Waals surface area contributed by atoms with Gasteiger partial charge >= 0.3 is 5.97 Å². The molecule has 2 rings (SSSR count). The molecule has 0 saturated carbocycles. The van der Waals surface area contributed by atoms with E-state index < -0.39 is 12.0 Å². The number of pyridine rings is 1. The quantitative estimate of drug-likeness (QED) is 0.874. The highest BCUT2D eigenvalue weighted by molar-refractivity contribution is 5.96. The molecule has 1 aliphatic rings. The maximum atomic E-state index is 12.3. The number of amides is 1. The zero-order valence-electron chi connectivity index (χ0n) is 11.0. The summed E-state index contributed by atoms with van der Waals surface area (Å²) in [4.78, 5) is 30.7. The van der Waals surface area contributed by atoms with Crippen molar-refractivity contribution in [1.82, 2.24) is 9.88 Å². The predicted molar refractivity (Wildman–Crippen MR) is 70.3 cm³/mol. The van der Waals surface area contributed by atoms with Crippen LogP contribution in [0.15, 0.2) is 18.3 Å². The third-order valence-corrected chi connectivity index (χ3v) is 3.25. The molecule has 1 atom stereocenters. The Morgan fingerprint density at radius 3 is 2.68 bits per heavy atom. The first kappa shape index (κ1) is 13.3.